The SMILES string of the molecule is O=C(CO)NC[C@H]1CN(c2ccc(N3Cc4cccnc4C3)c(F)c2)C(=O)O1. The Bertz CT molecular complexity index is 898. The number of hydrogen-bond donors (Lipinski definition) is 2. The highest BCUT2D eigenvalue weighted by molar-refractivity contribution is 5.90. The van der Waals surface area contributed by atoms with E-state index in [0.717, 1.165) is 11.3 Å². The van der Waals surface area contributed by atoms with Gasteiger partial charge in [-0.3, -0.25) is 14.7 Å². The summed E-state index contributed by atoms with van der Waals surface area (Å²) in [7, 11) is 0. The molecule has 1 atom stereocenters. The molecular formula is C19H19FN4O4. The first-order valence-corrected chi connectivity index (χ1v) is 8.88. The van der Waals surface area contributed by atoms with E-state index in [1.807, 2.05) is 17.0 Å². The number of halogens is 1. The molecule has 0 radical (unpaired) electrons. The fourth-order valence-electron chi connectivity index (χ4n) is 3.41. The minimum Gasteiger partial charge on any atom is -0.442 e. The number of anilines is 2. The van der Waals surface area contributed by atoms with Crippen molar-refractivity contribution in [3.63, 3.8) is 0 Å². The Morgan fingerprint density at radius 2 is 2.21 bits per heavy atom. The summed E-state index contributed by atoms with van der Waals surface area (Å²) in [6.45, 7) is 0.749. The van der Waals surface area contributed by atoms with Gasteiger partial charge in [0.05, 0.1) is 36.7 Å². The molecular weight excluding hydrogens is 367 g/mol. The summed E-state index contributed by atoms with van der Waals surface area (Å²) < 4.78 is 20.0. The Labute approximate surface area is 160 Å². The molecule has 4 rings (SSSR count). The van der Waals surface area contributed by atoms with Crippen LogP contribution in [-0.4, -0.2) is 47.9 Å². The number of nitrogens with one attached hydrogen (secondary N) is 1. The molecule has 8 nitrogen and oxygen atoms in total. The van der Waals surface area contributed by atoms with E-state index in [0.29, 0.717) is 24.5 Å². The lowest BCUT2D eigenvalue weighted by Gasteiger charge is -2.20. The molecule has 1 aromatic heterocycles. The lowest BCUT2D eigenvalue weighted by molar-refractivity contribution is -0.124. The summed E-state index contributed by atoms with van der Waals surface area (Å²) in [6.07, 6.45) is 0.554. The molecule has 1 saturated heterocycles. The molecule has 9 heteroatoms. The second-order valence-electron chi connectivity index (χ2n) is 6.68. The number of aliphatic hydroxyl groups excluding tert-OH is 1. The number of rotatable bonds is 5. The number of benzene rings is 1. The fraction of sp³-hybridized carbons (Fsp3) is 0.316. The number of carbonyl (C=O) groups excluding carboxylic acids is 2. The maximum absolute atomic E-state index is 14.8. The smallest absolute Gasteiger partial charge is 0.414 e. The van der Waals surface area contributed by atoms with Gasteiger partial charge in [-0.2, -0.15) is 0 Å². The number of pyridine rings is 1. The topological polar surface area (TPSA) is 95.0 Å². The van der Waals surface area contributed by atoms with Crippen LogP contribution in [0.2, 0.25) is 0 Å². The van der Waals surface area contributed by atoms with E-state index in [4.69, 9.17) is 9.84 Å². The summed E-state index contributed by atoms with van der Waals surface area (Å²) in [5.41, 5.74) is 2.84. The average Bonchev–Trinajstić information content (AvgIpc) is 3.29. The zero-order valence-electron chi connectivity index (χ0n) is 15.0. The molecule has 0 bridgehead atoms. The Balaban J connectivity index is 1.45. The van der Waals surface area contributed by atoms with Crippen molar-refractivity contribution < 1.29 is 23.8 Å². The van der Waals surface area contributed by atoms with Gasteiger partial charge in [0.1, 0.15) is 18.5 Å². The van der Waals surface area contributed by atoms with Crippen molar-refractivity contribution in [1.82, 2.24) is 10.3 Å². The highest BCUT2D eigenvalue weighted by atomic mass is 19.1. The van der Waals surface area contributed by atoms with E-state index in [1.165, 1.54) is 11.0 Å². The number of fused-ring (bicyclic) bond motifs is 1. The average molecular weight is 386 g/mol. The first kappa shape index (κ1) is 18.2. The molecule has 0 unspecified atom stereocenters. The van der Waals surface area contributed by atoms with Crippen molar-refractivity contribution in [2.24, 2.45) is 0 Å². The largest absolute Gasteiger partial charge is 0.442 e. The first-order valence-electron chi connectivity index (χ1n) is 8.88. The Kier molecular flexibility index (Phi) is 4.82. The summed E-state index contributed by atoms with van der Waals surface area (Å²) in [4.78, 5) is 30.8. The quantitative estimate of drug-likeness (QED) is 0.801. The monoisotopic (exact) mass is 386 g/mol. The molecule has 1 fully saturated rings. The van der Waals surface area contributed by atoms with Crippen molar-refractivity contribution in [2.75, 3.05) is 29.5 Å². The summed E-state index contributed by atoms with van der Waals surface area (Å²) in [6, 6.07) is 8.46. The van der Waals surface area contributed by atoms with E-state index in [9.17, 15) is 14.0 Å². The van der Waals surface area contributed by atoms with E-state index in [-0.39, 0.29) is 13.1 Å². The number of nitrogens with zero attached hydrogens (tertiary/aromatic N) is 3. The molecule has 2 amide bonds. The number of aliphatic hydroxyl groups is 1. The van der Waals surface area contributed by atoms with Gasteiger partial charge in [0.25, 0.3) is 0 Å². The van der Waals surface area contributed by atoms with Crippen LogP contribution >= 0.6 is 0 Å². The van der Waals surface area contributed by atoms with Gasteiger partial charge in [0.15, 0.2) is 0 Å². The number of amides is 2. The number of ether oxygens (including phenoxy) is 1. The third-order valence-electron chi connectivity index (χ3n) is 4.81. The van der Waals surface area contributed by atoms with Crippen molar-refractivity contribution in [2.45, 2.75) is 19.2 Å². The van der Waals surface area contributed by atoms with Crippen LogP contribution in [-0.2, 0) is 22.6 Å². The van der Waals surface area contributed by atoms with E-state index in [1.54, 1.807) is 18.3 Å². The van der Waals surface area contributed by atoms with Crippen LogP contribution in [0.3, 0.4) is 0 Å². The molecule has 0 saturated carbocycles. The number of cyclic esters (lactones) is 1. The lowest BCUT2D eigenvalue weighted by atomic mass is 10.2. The van der Waals surface area contributed by atoms with Gasteiger partial charge in [-0.05, 0) is 29.8 Å². The highest BCUT2D eigenvalue weighted by Gasteiger charge is 2.33. The van der Waals surface area contributed by atoms with Gasteiger partial charge in [-0.1, -0.05) is 6.07 Å². The van der Waals surface area contributed by atoms with Crippen molar-refractivity contribution >= 4 is 23.4 Å². The zero-order valence-corrected chi connectivity index (χ0v) is 15.0. The normalized spacial score (nSPS) is 18.2. The van der Waals surface area contributed by atoms with Gasteiger partial charge in [-0.15, -0.1) is 0 Å². The first-order chi connectivity index (χ1) is 13.5. The number of aromatic nitrogens is 1. The van der Waals surface area contributed by atoms with Crippen LogP contribution in [0.5, 0.6) is 0 Å². The minimum absolute atomic E-state index is 0.0846. The van der Waals surface area contributed by atoms with Crippen molar-refractivity contribution in [3.05, 3.63) is 53.6 Å². The highest BCUT2D eigenvalue weighted by Crippen LogP contribution is 2.32. The third-order valence-corrected chi connectivity index (χ3v) is 4.81. The zero-order chi connectivity index (χ0) is 19.7. The van der Waals surface area contributed by atoms with Crippen molar-refractivity contribution in [3.8, 4) is 0 Å². The molecule has 28 heavy (non-hydrogen) atoms. The lowest BCUT2D eigenvalue weighted by Crippen LogP contribution is -2.36. The minimum atomic E-state index is -0.632. The molecule has 0 spiro atoms. The van der Waals surface area contributed by atoms with Gasteiger partial charge < -0.3 is 20.1 Å². The predicted octanol–water partition coefficient (Wildman–Crippen LogP) is 1.17. The Morgan fingerprint density at radius 1 is 1.36 bits per heavy atom. The molecule has 2 aliphatic rings. The third kappa shape index (κ3) is 3.48. The van der Waals surface area contributed by atoms with Crippen LogP contribution < -0.4 is 15.1 Å². The van der Waals surface area contributed by atoms with Gasteiger partial charge in [0, 0.05) is 12.7 Å². The Morgan fingerprint density at radius 3 is 2.96 bits per heavy atom. The Hall–Kier alpha value is -3.20. The van der Waals surface area contributed by atoms with Gasteiger partial charge in [0.2, 0.25) is 5.91 Å². The molecule has 146 valence electrons. The van der Waals surface area contributed by atoms with Gasteiger partial charge >= 0.3 is 6.09 Å². The standard InChI is InChI=1S/C19H19FN4O4/c20-15-6-13(24-9-14(28-19(24)27)7-22-18(26)11-25)3-4-17(15)23-8-12-2-1-5-21-16(12)10-23/h1-6,14,25H,7-11H2,(H,22,26)/t14-/m0/s1. The number of hydrogen-bond acceptors (Lipinski definition) is 6. The second-order valence-corrected chi connectivity index (χ2v) is 6.68. The maximum Gasteiger partial charge on any atom is 0.414 e. The van der Waals surface area contributed by atoms with E-state index in [2.05, 4.69) is 10.3 Å². The van der Waals surface area contributed by atoms with Crippen LogP contribution in [0, 0.1) is 5.82 Å². The summed E-state index contributed by atoms with van der Waals surface area (Å²) in [5.74, 6) is -0.985. The van der Waals surface area contributed by atoms with Crippen LogP contribution in [0.25, 0.3) is 0 Å². The van der Waals surface area contributed by atoms with Crippen LogP contribution in [0.1, 0.15) is 11.3 Å². The van der Waals surface area contributed by atoms with Crippen LogP contribution in [0.4, 0.5) is 20.6 Å². The van der Waals surface area contributed by atoms with Crippen LogP contribution in [0.15, 0.2) is 36.5 Å². The summed E-state index contributed by atoms with van der Waals surface area (Å²) >= 11 is 0. The van der Waals surface area contributed by atoms with E-state index < -0.39 is 30.5 Å². The maximum atomic E-state index is 14.8. The molecule has 2 aliphatic heterocycles. The number of carbonyl (C=O) groups is 2. The van der Waals surface area contributed by atoms with Crippen molar-refractivity contribution in [1.29, 1.82) is 0 Å². The molecule has 2 N–H and O–H groups in total. The van der Waals surface area contributed by atoms with Gasteiger partial charge in [-0.25, -0.2) is 9.18 Å². The molecule has 3 heterocycles. The van der Waals surface area contributed by atoms with E-state index >= 15 is 0 Å². The fourth-order valence-corrected chi connectivity index (χ4v) is 3.41. The molecule has 2 aromatic rings. The molecule has 1 aromatic carbocycles. The summed E-state index contributed by atoms with van der Waals surface area (Å²) in [5, 5.41) is 11.2. The predicted molar refractivity (Wildman–Crippen MR) is 98.2 cm³/mol. The molecule has 0 aliphatic carbocycles. The second kappa shape index (κ2) is 7.43.